The minimum Gasteiger partial charge on any atom is -0.465 e. The molecule has 0 aliphatic carbocycles. The van der Waals surface area contributed by atoms with Crippen molar-refractivity contribution in [3.63, 3.8) is 0 Å². The van der Waals surface area contributed by atoms with Crippen molar-refractivity contribution in [3.8, 4) is 22.3 Å². The summed E-state index contributed by atoms with van der Waals surface area (Å²) < 4.78 is 6.54. The van der Waals surface area contributed by atoms with Crippen LogP contribution in [0.2, 0.25) is 5.15 Å². The number of esters is 1. The van der Waals surface area contributed by atoms with Gasteiger partial charge in [0.15, 0.2) is 0 Å². The van der Waals surface area contributed by atoms with Crippen molar-refractivity contribution in [3.05, 3.63) is 154 Å². The summed E-state index contributed by atoms with van der Waals surface area (Å²) in [7, 11) is 1.36. The van der Waals surface area contributed by atoms with Crippen LogP contribution in [0.15, 0.2) is 134 Å². The predicted molar refractivity (Wildman–Crippen MR) is 219 cm³/mol. The van der Waals surface area contributed by atoms with Crippen molar-refractivity contribution in [1.29, 1.82) is 0 Å². The molecule has 4 heterocycles. The molecule has 0 bridgehead atoms. The van der Waals surface area contributed by atoms with Gasteiger partial charge in [0.05, 0.1) is 50.8 Å². The molecular formula is C42H32ClN5O3S2. The lowest BCUT2D eigenvalue weighted by atomic mass is 10.1. The Hall–Kier alpha value is -6.07. The molecule has 0 spiro atoms. The molecule has 4 aromatic heterocycles. The number of carbonyl (C=O) groups excluding carboxylic acids is 2. The first-order valence-electron chi connectivity index (χ1n) is 16.5. The zero-order valence-corrected chi connectivity index (χ0v) is 31.0. The number of rotatable bonds is 8. The predicted octanol–water partition coefficient (Wildman–Crippen LogP) is 11.3. The van der Waals surface area contributed by atoms with Crippen molar-refractivity contribution in [2.24, 2.45) is 5.73 Å². The first kappa shape index (κ1) is 35.3. The Morgan fingerprint density at radius 1 is 0.642 bits per heavy atom. The molecule has 8 aromatic rings. The number of pyridine rings is 2. The highest BCUT2D eigenvalue weighted by molar-refractivity contribution is 7.21. The maximum atomic E-state index is 11.8. The standard InChI is InChI=1S/C21H15ClN2O2S.C21H17N3OS/c1-26-21(25)18-11-16-17(12-23-20(22)19(16)27-18)24-15-9-7-14(8-10-15)13-5-3-2-4-6-13;1-13-20-17(11-19(26-20)21(22)25)18(12-23-13)24-16-9-7-15(8-10-16)14-5-3-2-4-6-14/h2-12,24H,1H3;2-12,24H,1H3,(H2,22,25). The summed E-state index contributed by atoms with van der Waals surface area (Å²) in [6.07, 6.45) is 3.46. The van der Waals surface area contributed by atoms with Gasteiger partial charge in [0.25, 0.3) is 5.91 Å². The summed E-state index contributed by atoms with van der Waals surface area (Å²) in [4.78, 5) is 33.1. The van der Waals surface area contributed by atoms with Crippen LogP contribution >= 0.6 is 34.3 Å². The minimum atomic E-state index is -0.413. The summed E-state index contributed by atoms with van der Waals surface area (Å²) in [5.74, 6) is -0.797. The Labute approximate surface area is 318 Å². The third-order valence-corrected chi connectivity index (χ3v) is 11.2. The van der Waals surface area contributed by atoms with E-state index in [1.54, 1.807) is 18.5 Å². The highest BCUT2D eigenvalue weighted by Crippen LogP contribution is 2.37. The zero-order valence-electron chi connectivity index (χ0n) is 28.6. The number of thiophene rings is 2. The van der Waals surface area contributed by atoms with Crippen molar-refractivity contribution < 1.29 is 14.3 Å². The number of nitrogens with zero attached hydrogens (tertiary/aromatic N) is 2. The van der Waals surface area contributed by atoms with Gasteiger partial charge in [-0.25, -0.2) is 9.78 Å². The Kier molecular flexibility index (Phi) is 10.4. The molecule has 4 aromatic carbocycles. The first-order chi connectivity index (χ1) is 25.8. The SMILES string of the molecule is COC(=O)c1cc2c(Nc3ccc(-c4ccccc4)cc3)cnc(Cl)c2s1.Cc1ncc(Nc2ccc(-c3ccccc3)cc2)c2cc(C(N)=O)sc12. The molecule has 1 amide bonds. The van der Waals surface area contributed by atoms with Crippen LogP contribution in [0.5, 0.6) is 0 Å². The highest BCUT2D eigenvalue weighted by atomic mass is 35.5. The second kappa shape index (κ2) is 15.7. The molecule has 0 saturated carbocycles. The van der Waals surface area contributed by atoms with E-state index in [0.29, 0.717) is 14.9 Å². The van der Waals surface area contributed by atoms with E-state index in [2.05, 4.69) is 69.1 Å². The molecule has 53 heavy (non-hydrogen) atoms. The lowest BCUT2D eigenvalue weighted by molar-refractivity contribution is 0.0606. The summed E-state index contributed by atoms with van der Waals surface area (Å²) in [5.41, 5.74) is 14.5. The van der Waals surface area contributed by atoms with Crippen molar-refractivity contribution in [2.75, 3.05) is 17.7 Å². The Balaban J connectivity index is 0.000000164. The number of anilines is 4. The third kappa shape index (κ3) is 7.90. The number of hydrogen-bond donors (Lipinski definition) is 3. The quantitative estimate of drug-likeness (QED) is 0.104. The monoisotopic (exact) mass is 753 g/mol. The van der Waals surface area contributed by atoms with Gasteiger partial charge in [0.2, 0.25) is 0 Å². The number of hydrogen-bond acceptors (Lipinski definition) is 9. The van der Waals surface area contributed by atoms with Gasteiger partial charge in [-0.3, -0.25) is 9.78 Å². The number of primary amides is 1. The topological polar surface area (TPSA) is 119 Å². The fourth-order valence-corrected chi connectivity index (χ4v) is 7.95. The fourth-order valence-electron chi connectivity index (χ4n) is 5.73. The molecule has 262 valence electrons. The lowest BCUT2D eigenvalue weighted by Gasteiger charge is -2.09. The smallest absolute Gasteiger partial charge is 0.348 e. The number of amides is 1. The van der Waals surface area contributed by atoms with Gasteiger partial charge in [0.1, 0.15) is 10.0 Å². The number of aromatic nitrogens is 2. The van der Waals surface area contributed by atoms with E-state index in [1.807, 2.05) is 73.7 Å². The molecule has 8 nitrogen and oxygen atoms in total. The number of ether oxygens (including phenoxy) is 1. The molecule has 4 N–H and O–H groups in total. The van der Waals surface area contributed by atoms with E-state index in [1.165, 1.54) is 40.9 Å². The van der Waals surface area contributed by atoms with E-state index in [4.69, 9.17) is 22.1 Å². The van der Waals surface area contributed by atoms with Crippen LogP contribution in [-0.4, -0.2) is 29.0 Å². The molecule has 0 unspecified atom stereocenters. The van der Waals surface area contributed by atoms with E-state index < -0.39 is 5.91 Å². The largest absolute Gasteiger partial charge is 0.465 e. The highest BCUT2D eigenvalue weighted by Gasteiger charge is 2.16. The normalized spacial score (nSPS) is 10.8. The molecule has 0 aliphatic rings. The first-order valence-corrected chi connectivity index (χ1v) is 18.5. The van der Waals surface area contributed by atoms with Crippen LogP contribution in [0.4, 0.5) is 22.7 Å². The fraction of sp³-hybridized carbons (Fsp3) is 0.0476. The number of halogens is 1. The average molecular weight is 754 g/mol. The van der Waals surface area contributed by atoms with Crippen LogP contribution in [-0.2, 0) is 4.74 Å². The number of methoxy groups -OCH3 is 1. The number of benzene rings is 4. The lowest BCUT2D eigenvalue weighted by Crippen LogP contribution is -2.08. The molecule has 0 aliphatic heterocycles. The van der Waals surface area contributed by atoms with Crippen molar-refractivity contribution in [1.82, 2.24) is 9.97 Å². The number of nitrogens with two attached hydrogens (primary N) is 1. The van der Waals surface area contributed by atoms with Gasteiger partial charge in [-0.15, -0.1) is 22.7 Å². The second-order valence-electron chi connectivity index (χ2n) is 11.9. The third-order valence-electron chi connectivity index (χ3n) is 8.43. The zero-order chi connectivity index (χ0) is 36.9. The average Bonchev–Trinajstić information content (AvgIpc) is 3.87. The molecule has 8 rings (SSSR count). The summed E-state index contributed by atoms with van der Waals surface area (Å²) in [6, 6.07) is 40.4. The second-order valence-corrected chi connectivity index (χ2v) is 14.4. The number of nitrogens with one attached hydrogen (secondary N) is 2. The van der Waals surface area contributed by atoms with Crippen LogP contribution in [0.1, 0.15) is 25.0 Å². The van der Waals surface area contributed by atoms with Gasteiger partial charge in [-0.2, -0.15) is 0 Å². The van der Waals surface area contributed by atoms with Gasteiger partial charge in [0, 0.05) is 22.1 Å². The van der Waals surface area contributed by atoms with Crippen LogP contribution in [0, 0.1) is 6.92 Å². The van der Waals surface area contributed by atoms with E-state index in [0.717, 1.165) is 59.7 Å². The van der Waals surface area contributed by atoms with E-state index in [-0.39, 0.29) is 5.97 Å². The Morgan fingerprint density at radius 2 is 1.09 bits per heavy atom. The van der Waals surface area contributed by atoms with E-state index >= 15 is 0 Å². The van der Waals surface area contributed by atoms with E-state index in [9.17, 15) is 9.59 Å². The molecule has 0 atom stereocenters. The summed E-state index contributed by atoms with van der Waals surface area (Å²) in [5, 5.41) is 8.93. The van der Waals surface area contributed by atoms with Gasteiger partial charge in [-0.1, -0.05) is 96.5 Å². The summed E-state index contributed by atoms with van der Waals surface area (Å²) >= 11 is 8.85. The van der Waals surface area contributed by atoms with Crippen LogP contribution in [0.3, 0.4) is 0 Å². The molecular weight excluding hydrogens is 722 g/mol. The molecule has 0 fully saturated rings. The minimum absolute atomic E-state index is 0.370. The molecule has 0 radical (unpaired) electrons. The molecule has 0 saturated heterocycles. The van der Waals surface area contributed by atoms with Gasteiger partial charge in [-0.05, 0) is 65.6 Å². The maximum Gasteiger partial charge on any atom is 0.348 e. The maximum absolute atomic E-state index is 11.8. The molecule has 11 heteroatoms. The van der Waals surface area contributed by atoms with Gasteiger partial charge < -0.3 is 21.1 Å². The van der Waals surface area contributed by atoms with Gasteiger partial charge >= 0.3 is 5.97 Å². The number of carbonyl (C=O) groups is 2. The van der Waals surface area contributed by atoms with Crippen molar-refractivity contribution >= 4 is 89.1 Å². The van der Waals surface area contributed by atoms with Crippen LogP contribution < -0.4 is 16.4 Å². The Bertz CT molecular complexity index is 2560. The Morgan fingerprint density at radius 3 is 1.60 bits per heavy atom. The van der Waals surface area contributed by atoms with Crippen LogP contribution in [0.25, 0.3) is 42.4 Å². The number of fused-ring (bicyclic) bond motifs is 2. The number of aryl methyl sites for hydroxylation is 1. The van der Waals surface area contributed by atoms with Crippen molar-refractivity contribution in [2.45, 2.75) is 6.92 Å². The summed E-state index contributed by atoms with van der Waals surface area (Å²) in [6.45, 7) is 1.93.